The molecule has 0 atom stereocenters. The monoisotopic (exact) mass is 370 g/mol. The van der Waals surface area contributed by atoms with Crippen molar-refractivity contribution in [3.8, 4) is 0 Å². The first-order chi connectivity index (χ1) is 9.96. The third-order valence-electron chi connectivity index (χ3n) is 3.30. The second-order valence-electron chi connectivity index (χ2n) is 4.71. The van der Waals surface area contributed by atoms with Gasteiger partial charge in [-0.05, 0) is 48.2 Å². The molecule has 0 aliphatic carbocycles. The molecule has 0 amide bonds. The first kappa shape index (κ1) is 17.5. The molecule has 0 saturated heterocycles. The van der Waals surface area contributed by atoms with E-state index in [0.717, 1.165) is 32.4 Å². The summed E-state index contributed by atoms with van der Waals surface area (Å²) >= 11 is 19.7. The average molecular weight is 371 g/mol. The van der Waals surface area contributed by atoms with Crippen LogP contribution in [0, 0.1) is 0 Å². The quantitative estimate of drug-likeness (QED) is 0.471. The number of rotatable bonds is 4. The summed E-state index contributed by atoms with van der Waals surface area (Å²) < 4.78 is 0. The molecular weight excluding hydrogens is 353 g/mol. The maximum atomic E-state index is 4.49. The van der Waals surface area contributed by atoms with Gasteiger partial charge in [-0.2, -0.15) is 0 Å². The van der Waals surface area contributed by atoms with E-state index in [1.165, 1.54) is 20.9 Å². The second kappa shape index (κ2) is 7.64. The Hall–Kier alpha value is 0.190. The van der Waals surface area contributed by atoms with Gasteiger partial charge >= 0.3 is 0 Å². The molecule has 0 radical (unpaired) electrons. The van der Waals surface area contributed by atoms with Crippen LogP contribution in [-0.4, -0.2) is 0 Å². The fourth-order valence-corrected chi connectivity index (χ4v) is 4.32. The number of thiol groups is 4. The summed E-state index contributed by atoms with van der Waals surface area (Å²) in [6.45, 7) is 4.32. The van der Waals surface area contributed by atoms with Crippen LogP contribution in [0.15, 0.2) is 53.6 Å². The molecule has 21 heavy (non-hydrogen) atoms. The van der Waals surface area contributed by atoms with Gasteiger partial charge in [0.25, 0.3) is 0 Å². The summed E-state index contributed by atoms with van der Waals surface area (Å²) in [5.74, 6) is 0. The smallest absolute Gasteiger partial charge is 0.0185 e. The van der Waals surface area contributed by atoms with Gasteiger partial charge in [0.05, 0.1) is 0 Å². The summed E-state index contributed by atoms with van der Waals surface area (Å²) in [4.78, 5) is 6.14. The number of hydrogen-bond acceptors (Lipinski definition) is 5. The highest BCUT2D eigenvalue weighted by molar-refractivity contribution is 7.99. The van der Waals surface area contributed by atoms with Crippen molar-refractivity contribution < 1.29 is 0 Å². The fourth-order valence-electron chi connectivity index (χ4n) is 2.06. The van der Waals surface area contributed by atoms with Crippen LogP contribution in [0.1, 0.15) is 25.0 Å². The van der Waals surface area contributed by atoms with E-state index in [4.69, 9.17) is 0 Å². The first-order valence-corrected chi connectivity index (χ1v) is 9.34. The lowest BCUT2D eigenvalue weighted by Crippen LogP contribution is -1.91. The molecular formula is C16H18S5. The van der Waals surface area contributed by atoms with Gasteiger partial charge in [-0.3, -0.25) is 0 Å². The van der Waals surface area contributed by atoms with E-state index < -0.39 is 0 Å². The van der Waals surface area contributed by atoms with Crippen LogP contribution < -0.4 is 0 Å². The molecule has 0 aliphatic heterocycles. The summed E-state index contributed by atoms with van der Waals surface area (Å²) in [6, 6.07) is 8.41. The van der Waals surface area contributed by atoms with E-state index in [1.54, 1.807) is 11.8 Å². The van der Waals surface area contributed by atoms with Crippen molar-refractivity contribution in [1.29, 1.82) is 0 Å². The molecule has 0 saturated carbocycles. The molecule has 0 nitrogen and oxygen atoms in total. The van der Waals surface area contributed by atoms with Crippen LogP contribution in [0.5, 0.6) is 0 Å². The Morgan fingerprint density at radius 1 is 0.667 bits per heavy atom. The van der Waals surface area contributed by atoms with Gasteiger partial charge in [0.2, 0.25) is 0 Å². The molecule has 0 N–H and O–H groups in total. The molecule has 0 unspecified atom stereocenters. The van der Waals surface area contributed by atoms with Gasteiger partial charge in [0.15, 0.2) is 0 Å². The summed E-state index contributed by atoms with van der Waals surface area (Å²) in [7, 11) is 0. The minimum absolute atomic E-state index is 0.910. The van der Waals surface area contributed by atoms with E-state index in [9.17, 15) is 0 Å². The van der Waals surface area contributed by atoms with Gasteiger partial charge < -0.3 is 0 Å². The Morgan fingerprint density at radius 3 is 1.33 bits per heavy atom. The molecule has 0 aromatic heterocycles. The van der Waals surface area contributed by atoms with Crippen LogP contribution in [0.25, 0.3) is 0 Å². The lowest BCUT2D eigenvalue weighted by Gasteiger charge is -2.14. The summed E-state index contributed by atoms with van der Waals surface area (Å²) in [5, 5.41) is 0. The highest BCUT2D eigenvalue weighted by Gasteiger charge is 2.11. The molecule has 0 aliphatic rings. The predicted molar refractivity (Wildman–Crippen MR) is 105 cm³/mol. The van der Waals surface area contributed by atoms with Crippen LogP contribution in [0.2, 0.25) is 0 Å². The Labute approximate surface area is 153 Å². The van der Waals surface area contributed by atoms with Crippen molar-refractivity contribution >= 4 is 62.3 Å². The third kappa shape index (κ3) is 4.14. The Balaban J connectivity index is 2.47. The van der Waals surface area contributed by atoms with Crippen molar-refractivity contribution in [3.05, 3.63) is 35.4 Å². The van der Waals surface area contributed by atoms with E-state index >= 15 is 0 Å². The molecule has 2 rings (SSSR count). The predicted octanol–water partition coefficient (Wildman–Crippen LogP) is 6.12. The normalized spacial score (nSPS) is 11.0. The molecule has 0 spiro atoms. The zero-order chi connectivity index (χ0) is 15.6. The second-order valence-corrected chi connectivity index (χ2v) is 7.72. The van der Waals surface area contributed by atoms with Crippen molar-refractivity contribution in [2.24, 2.45) is 0 Å². The van der Waals surface area contributed by atoms with Crippen molar-refractivity contribution in [2.75, 3.05) is 0 Å². The third-order valence-corrected chi connectivity index (χ3v) is 6.33. The highest BCUT2D eigenvalue weighted by atomic mass is 32.2. The lowest BCUT2D eigenvalue weighted by molar-refractivity contribution is 1.01. The van der Waals surface area contributed by atoms with Crippen LogP contribution in [-0.2, 0) is 12.8 Å². The van der Waals surface area contributed by atoms with Crippen LogP contribution >= 0.6 is 62.3 Å². The van der Waals surface area contributed by atoms with E-state index in [2.05, 4.69) is 88.6 Å². The maximum absolute atomic E-state index is 4.49. The SMILES string of the molecule is CCc1cc(S)c(S)cc1Sc1cc(S)c(S)cc1CC. The van der Waals surface area contributed by atoms with E-state index in [1.807, 2.05) is 0 Å². The van der Waals surface area contributed by atoms with Gasteiger partial charge in [-0.25, -0.2) is 0 Å². The fraction of sp³-hybridized carbons (Fsp3) is 0.250. The average Bonchev–Trinajstić information content (AvgIpc) is 2.46. The highest BCUT2D eigenvalue weighted by Crippen LogP contribution is 2.38. The molecule has 112 valence electrons. The van der Waals surface area contributed by atoms with Crippen molar-refractivity contribution in [2.45, 2.75) is 56.1 Å². The molecule has 0 fully saturated rings. The minimum Gasteiger partial charge on any atom is -0.142 e. The van der Waals surface area contributed by atoms with Gasteiger partial charge in [-0.1, -0.05) is 25.6 Å². The van der Waals surface area contributed by atoms with Crippen LogP contribution in [0.4, 0.5) is 0 Å². The zero-order valence-corrected chi connectivity index (χ0v) is 16.3. The number of hydrogen-bond donors (Lipinski definition) is 4. The topological polar surface area (TPSA) is 0 Å². The minimum atomic E-state index is 0.910. The van der Waals surface area contributed by atoms with Crippen molar-refractivity contribution in [1.82, 2.24) is 0 Å². The van der Waals surface area contributed by atoms with E-state index in [-0.39, 0.29) is 0 Å². The van der Waals surface area contributed by atoms with Gasteiger partial charge in [-0.15, -0.1) is 50.5 Å². The standard InChI is InChI=1S/C16H18S5/c1-3-9-5-11(17)13(19)7-15(9)21-16-8-14(20)12(18)6-10(16)4-2/h5-8,17-20H,3-4H2,1-2H3. The molecule has 2 aromatic rings. The molecule has 0 bridgehead atoms. The van der Waals surface area contributed by atoms with Gasteiger partial charge in [0.1, 0.15) is 0 Å². The van der Waals surface area contributed by atoms with E-state index in [0.29, 0.717) is 0 Å². The maximum Gasteiger partial charge on any atom is 0.0185 e. The molecule has 2 aromatic carbocycles. The summed E-state index contributed by atoms with van der Waals surface area (Å²) in [5.41, 5.74) is 2.58. The number of benzene rings is 2. The Bertz CT molecular complexity index is 607. The Kier molecular flexibility index (Phi) is 6.38. The van der Waals surface area contributed by atoms with Crippen molar-refractivity contribution in [3.63, 3.8) is 0 Å². The van der Waals surface area contributed by atoms with Gasteiger partial charge in [0, 0.05) is 29.4 Å². The summed E-state index contributed by atoms with van der Waals surface area (Å²) in [6.07, 6.45) is 1.95. The largest absolute Gasteiger partial charge is 0.142 e. The molecule has 5 heteroatoms. The lowest BCUT2D eigenvalue weighted by atomic mass is 10.2. The Morgan fingerprint density at radius 2 is 1.00 bits per heavy atom. The number of aryl methyl sites for hydroxylation is 2. The first-order valence-electron chi connectivity index (χ1n) is 6.73. The zero-order valence-electron chi connectivity index (χ0n) is 11.9. The molecule has 0 heterocycles. The van der Waals surface area contributed by atoms with Crippen LogP contribution in [0.3, 0.4) is 0 Å².